The first-order valence-corrected chi connectivity index (χ1v) is 9.21. The number of carbonyl (C=O) groups excluding carboxylic acids is 1. The molecule has 30 heavy (non-hydrogen) atoms. The van der Waals surface area contributed by atoms with Gasteiger partial charge in [0, 0.05) is 11.6 Å². The van der Waals surface area contributed by atoms with Crippen LogP contribution in [0.1, 0.15) is 17.0 Å². The predicted octanol–water partition coefficient (Wildman–Crippen LogP) is 2.72. The molecule has 8 heteroatoms. The highest BCUT2D eigenvalue weighted by molar-refractivity contribution is 5.81. The monoisotopic (exact) mass is 405 g/mol. The summed E-state index contributed by atoms with van der Waals surface area (Å²) in [6.45, 7) is 3.91. The molecule has 4 rings (SSSR count). The average molecular weight is 405 g/mol. The molecule has 8 nitrogen and oxygen atoms in total. The molecule has 0 amide bonds. The van der Waals surface area contributed by atoms with E-state index in [-0.39, 0.29) is 11.4 Å². The van der Waals surface area contributed by atoms with Crippen molar-refractivity contribution < 1.29 is 14.3 Å². The van der Waals surface area contributed by atoms with E-state index in [4.69, 9.17) is 9.47 Å². The largest absolute Gasteiger partial charge is 0.468 e. The molecule has 1 aliphatic rings. The summed E-state index contributed by atoms with van der Waals surface area (Å²) in [7, 11) is 1.27. The number of methoxy groups -OCH3 is 1. The fourth-order valence-electron chi connectivity index (χ4n) is 3.66. The van der Waals surface area contributed by atoms with Gasteiger partial charge in [-0.15, -0.1) is 0 Å². The first-order valence-electron chi connectivity index (χ1n) is 9.21. The molecule has 0 saturated heterocycles. The summed E-state index contributed by atoms with van der Waals surface area (Å²) in [5.74, 6) is -0.774. The van der Waals surface area contributed by atoms with Gasteiger partial charge in [0.25, 0.3) is 5.56 Å². The summed E-state index contributed by atoms with van der Waals surface area (Å²) < 4.78 is 10.9. The number of hydrogen-bond acceptors (Lipinski definition) is 6. The molecule has 1 aliphatic heterocycles. The number of aromatic amines is 2. The third-order valence-corrected chi connectivity index (χ3v) is 4.94. The van der Waals surface area contributed by atoms with Crippen LogP contribution in [0.3, 0.4) is 0 Å². The van der Waals surface area contributed by atoms with E-state index in [0.717, 1.165) is 0 Å². The van der Waals surface area contributed by atoms with Crippen molar-refractivity contribution in [3.63, 3.8) is 0 Å². The molecule has 3 N–H and O–H groups in total. The maximum atomic E-state index is 12.7. The van der Waals surface area contributed by atoms with E-state index in [0.29, 0.717) is 22.8 Å². The van der Waals surface area contributed by atoms with E-state index >= 15 is 0 Å². The number of fused-ring (bicyclic) bond motifs is 1. The molecule has 2 atom stereocenters. The lowest BCUT2D eigenvalue weighted by molar-refractivity contribution is -0.144. The molecule has 2 aromatic carbocycles. The van der Waals surface area contributed by atoms with Gasteiger partial charge in [-0.2, -0.15) is 0 Å². The first kappa shape index (κ1) is 19.3. The summed E-state index contributed by atoms with van der Waals surface area (Å²) in [5, 5.41) is 2.86. The van der Waals surface area contributed by atoms with Crippen molar-refractivity contribution in [1.82, 2.24) is 9.97 Å². The Morgan fingerprint density at radius 3 is 2.47 bits per heavy atom. The molecule has 0 radical (unpaired) electrons. The number of nitrogens with one attached hydrogen (secondary N) is 3. The van der Waals surface area contributed by atoms with E-state index in [2.05, 4.69) is 21.9 Å². The van der Waals surface area contributed by atoms with Crippen LogP contribution in [0.2, 0.25) is 0 Å². The van der Waals surface area contributed by atoms with Gasteiger partial charge in [-0.1, -0.05) is 36.9 Å². The highest BCUT2D eigenvalue weighted by Crippen LogP contribution is 2.42. The summed E-state index contributed by atoms with van der Waals surface area (Å²) in [6, 6.07) is 16.3. The number of para-hydroxylation sites is 1. The molecular weight excluding hydrogens is 386 g/mol. The topological polar surface area (TPSA) is 113 Å². The van der Waals surface area contributed by atoms with Crippen LogP contribution in [0.4, 0.5) is 5.82 Å². The van der Waals surface area contributed by atoms with Gasteiger partial charge in [0.1, 0.15) is 23.2 Å². The Hall–Kier alpha value is -4.07. The lowest BCUT2D eigenvalue weighted by atomic mass is 9.77. The average Bonchev–Trinajstić information content (AvgIpc) is 2.73. The fraction of sp³-hybridized carbons (Fsp3) is 0.136. The summed E-state index contributed by atoms with van der Waals surface area (Å²) in [5.41, 5.74) is -0.0814. The minimum absolute atomic E-state index is 0.202. The quantitative estimate of drug-likeness (QED) is 0.575. The molecule has 0 spiro atoms. The summed E-state index contributed by atoms with van der Waals surface area (Å²) in [4.78, 5) is 41.8. The number of carbonyl (C=O) groups is 1. The number of H-pyrrole nitrogens is 2. The minimum Gasteiger partial charge on any atom is -0.468 e. The summed E-state index contributed by atoms with van der Waals surface area (Å²) in [6.07, 6.45) is 0. The van der Waals surface area contributed by atoms with Gasteiger partial charge in [0.15, 0.2) is 0 Å². The van der Waals surface area contributed by atoms with Crippen molar-refractivity contribution in [2.75, 3.05) is 12.4 Å². The number of anilines is 1. The van der Waals surface area contributed by atoms with Gasteiger partial charge in [0.05, 0.1) is 12.7 Å². The SMILES string of the molecule is C=C1Nc2[nH]c(=O)[nH]c(=O)c2[C@@H](c2cccc(Oc3ccccc3)c2)[C@H]1C(=O)OC. The van der Waals surface area contributed by atoms with Crippen LogP contribution >= 0.6 is 0 Å². The number of rotatable bonds is 4. The highest BCUT2D eigenvalue weighted by Gasteiger charge is 2.41. The second kappa shape index (κ2) is 7.75. The van der Waals surface area contributed by atoms with Crippen molar-refractivity contribution in [2.24, 2.45) is 5.92 Å². The van der Waals surface area contributed by atoms with Gasteiger partial charge in [-0.25, -0.2) is 4.79 Å². The van der Waals surface area contributed by atoms with E-state index < -0.39 is 29.1 Å². The van der Waals surface area contributed by atoms with E-state index in [1.807, 2.05) is 30.3 Å². The van der Waals surface area contributed by atoms with Crippen LogP contribution in [0.5, 0.6) is 11.5 Å². The Bertz CT molecular complexity index is 1230. The van der Waals surface area contributed by atoms with Gasteiger partial charge < -0.3 is 14.8 Å². The normalized spacial score (nSPS) is 17.6. The van der Waals surface area contributed by atoms with Crippen molar-refractivity contribution in [3.05, 3.63) is 98.8 Å². The third kappa shape index (κ3) is 3.50. The van der Waals surface area contributed by atoms with Crippen LogP contribution in [0, 0.1) is 5.92 Å². The standard InChI is InChI=1S/C22H19N3O5/c1-12-16(21(27)29-2)17(18-19(23-12)24-22(28)25-20(18)26)13-7-6-10-15(11-13)30-14-8-4-3-5-9-14/h3-11,16-17H,1H2,2H3,(H3,23,24,25,26,28)/t16-,17-/m0/s1. The second-order valence-corrected chi connectivity index (χ2v) is 6.81. The fourth-order valence-corrected chi connectivity index (χ4v) is 3.66. The zero-order valence-corrected chi connectivity index (χ0v) is 16.1. The maximum Gasteiger partial charge on any atom is 0.327 e. The van der Waals surface area contributed by atoms with Crippen molar-refractivity contribution >= 4 is 11.8 Å². The van der Waals surface area contributed by atoms with E-state index in [9.17, 15) is 14.4 Å². The lowest BCUT2D eigenvalue weighted by Gasteiger charge is -2.33. The number of aromatic nitrogens is 2. The lowest BCUT2D eigenvalue weighted by Crippen LogP contribution is -2.39. The number of esters is 1. The van der Waals surface area contributed by atoms with Crippen LogP contribution in [-0.2, 0) is 9.53 Å². The van der Waals surface area contributed by atoms with Crippen LogP contribution in [0.25, 0.3) is 0 Å². The van der Waals surface area contributed by atoms with E-state index in [1.54, 1.807) is 24.3 Å². The van der Waals surface area contributed by atoms with Crippen LogP contribution in [-0.4, -0.2) is 23.0 Å². The Balaban J connectivity index is 1.85. The Kier molecular flexibility index (Phi) is 4.97. The van der Waals surface area contributed by atoms with E-state index in [1.165, 1.54) is 7.11 Å². The van der Waals surface area contributed by atoms with Gasteiger partial charge in [-0.05, 0) is 29.8 Å². The molecule has 0 unspecified atom stereocenters. The maximum absolute atomic E-state index is 12.7. The van der Waals surface area contributed by atoms with Gasteiger partial charge in [0.2, 0.25) is 0 Å². The minimum atomic E-state index is -0.874. The number of ether oxygens (including phenoxy) is 2. The zero-order chi connectivity index (χ0) is 21.3. The van der Waals surface area contributed by atoms with Gasteiger partial charge >= 0.3 is 11.7 Å². The molecule has 152 valence electrons. The zero-order valence-electron chi connectivity index (χ0n) is 16.1. The second-order valence-electron chi connectivity index (χ2n) is 6.81. The summed E-state index contributed by atoms with van der Waals surface area (Å²) >= 11 is 0. The molecule has 3 aromatic rings. The molecule has 0 fully saturated rings. The smallest absolute Gasteiger partial charge is 0.327 e. The molecule has 0 saturated carbocycles. The predicted molar refractivity (Wildman–Crippen MR) is 111 cm³/mol. The van der Waals surface area contributed by atoms with Crippen LogP contribution < -0.4 is 21.3 Å². The van der Waals surface area contributed by atoms with Crippen molar-refractivity contribution in [2.45, 2.75) is 5.92 Å². The first-order chi connectivity index (χ1) is 14.5. The molecular formula is C22H19N3O5. The Morgan fingerprint density at radius 2 is 1.73 bits per heavy atom. The molecule has 0 bridgehead atoms. The molecule has 0 aliphatic carbocycles. The number of hydrogen-bond donors (Lipinski definition) is 3. The van der Waals surface area contributed by atoms with Crippen molar-refractivity contribution in [3.8, 4) is 11.5 Å². The third-order valence-electron chi connectivity index (χ3n) is 4.94. The van der Waals surface area contributed by atoms with Gasteiger partial charge in [-0.3, -0.25) is 19.6 Å². The Labute approximate surface area is 171 Å². The van der Waals surface area contributed by atoms with Crippen molar-refractivity contribution in [1.29, 1.82) is 0 Å². The number of benzene rings is 2. The Morgan fingerprint density at radius 1 is 1.00 bits per heavy atom. The molecule has 2 heterocycles. The molecule has 1 aromatic heterocycles. The van der Waals surface area contributed by atoms with Crippen LogP contribution in [0.15, 0.2) is 76.5 Å². The highest BCUT2D eigenvalue weighted by atomic mass is 16.5.